The SMILES string of the molecule is N[C@@H](CCc1ns[nH]c1=O)C(=O)O. The van der Waals surface area contributed by atoms with Crippen LogP contribution in [0.2, 0.25) is 0 Å². The van der Waals surface area contributed by atoms with E-state index in [0.29, 0.717) is 12.1 Å². The molecular formula is C6H9N3O3S. The second-order valence-electron chi connectivity index (χ2n) is 2.54. The van der Waals surface area contributed by atoms with Crippen LogP contribution >= 0.6 is 11.7 Å². The zero-order valence-corrected chi connectivity index (χ0v) is 7.50. The monoisotopic (exact) mass is 203 g/mol. The number of nitrogens with two attached hydrogens (primary N) is 1. The molecule has 0 aliphatic rings. The second kappa shape index (κ2) is 4.15. The van der Waals surface area contributed by atoms with Crippen molar-refractivity contribution in [2.75, 3.05) is 0 Å². The third-order valence-electron chi connectivity index (χ3n) is 1.57. The highest BCUT2D eigenvalue weighted by molar-refractivity contribution is 6.99. The van der Waals surface area contributed by atoms with Crippen molar-refractivity contribution < 1.29 is 9.90 Å². The predicted octanol–water partition coefficient (Wildman–Crippen LogP) is -0.824. The summed E-state index contributed by atoms with van der Waals surface area (Å²) in [4.78, 5) is 21.2. The first-order valence-corrected chi connectivity index (χ1v) is 4.40. The van der Waals surface area contributed by atoms with Crippen LogP contribution in [0.15, 0.2) is 4.79 Å². The van der Waals surface area contributed by atoms with E-state index in [2.05, 4.69) is 8.75 Å². The summed E-state index contributed by atoms with van der Waals surface area (Å²) in [6.07, 6.45) is 0.522. The van der Waals surface area contributed by atoms with Gasteiger partial charge in [0.15, 0.2) is 0 Å². The number of carboxylic acids is 1. The maximum atomic E-state index is 10.9. The van der Waals surface area contributed by atoms with E-state index in [1.54, 1.807) is 0 Å². The van der Waals surface area contributed by atoms with Crippen LogP contribution in [-0.2, 0) is 11.2 Å². The fourth-order valence-electron chi connectivity index (χ4n) is 0.795. The van der Waals surface area contributed by atoms with Gasteiger partial charge in [-0.15, -0.1) is 0 Å². The summed E-state index contributed by atoms with van der Waals surface area (Å²) in [6.45, 7) is 0. The summed E-state index contributed by atoms with van der Waals surface area (Å²) in [7, 11) is 0. The third-order valence-corrected chi connectivity index (χ3v) is 2.15. The van der Waals surface area contributed by atoms with Gasteiger partial charge in [-0.2, -0.15) is 4.37 Å². The lowest BCUT2D eigenvalue weighted by Crippen LogP contribution is -2.31. The van der Waals surface area contributed by atoms with Crippen LogP contribution in [0.25, 0.3) is 0 Å². The lowest BCUT2D eigenvalue weighted by Gasteiger charge is -2.02. The number of aromatic amines is 1. The number of rotatable bonds is 4. The number of aliphatic carboxylic acids is 1. The highest BCUT2D eigenvalue weighted by Crippen LogP contribution is 1.97. The number of aryl methyl sites for hydroxylation is 1. The van der Waals surface area contributed by atoms with Gasteiger partial charge in [-0.05, 0) is 12.8 Å². The molecule has 0 amide bonds. The molecule has 7 heteroatoms. The van der Waals surface area contributed by atoms with Gasteiger partial charge in [0.1, 0.15) is 11.7 Å². The molecule has 1 atom stereocenters. The molecule has 6 nitrogen and oxygen atoms in total. The van der Waals surface area contributed by atoms with Crippen LogP contribution in [-0.4, -0.2) is 25.9 Å². The summed E-state index contributed by atoms with van der Waals surface area (Å²) < 4.78 is 6.18. The molecule has 0 aliphatic heterocycles. The molecule has 1 aromatic heterocycles. The molecule has 0 saturated carbocycles. The second-order valence-corrected chi connectivity index (χ2v) is 3.11. The van der Waals surface area contributed by atoms with Crippen LogP contribution < -0.4 is 11.3 Å². The Morgan fingerprint density at radius 1 is 1.77 bits per heavy atom. The molecule has 1 heterocycles. The van der Waals surface area contributed by atoms with Gasteiger partial charge in [0.05, 0.1) is 0 Å². The molecule has 72 valence electrons. The first kappa shape index (κ1) is 9.87. The average molecular weight is 203 g/mol. The Morgan fingerprint density at radius 2 is 2.46 bits per heavy atom. The number of hydrogen-bond acceptors (Lipinski definition) is 5. The van der Waals surface area contributed by atoms with Crippen molar-refractivity contribution in [2.24, 2.45) is 5.73 Å². The Balaban J connectivity index is 2.48. The molecule has 0 spiro atoms. The van der Waals surface area contributed by atoms with E-state index < -0.39 is 12.0 Å². The first-order chi connectivity index (χ1) is 6.11. The van der Waals surface area contributed by atoms with Crippen LogP contribution in [0.5, 0.6) is 0 Å². The van der Waals surface area contributed by atoms with Crippen molar-refractivity contribution in [3.05, 3.63) is 16.0 Å². The Morgan fingerprint density at radius 3 is 2.92 bits per heavy atom. The van der Waals surface area contributed by atoms with Crippen LogP contribution in [0, 0.1) is 0 Å². The van der Waals surface area contributed by atoms with E-state index in [1.807, 2.05) is 0 Å². The smallest absolute Gasteiger partial charge is 0.320 e. The standard InChI is InChI=1S/C6H9N3O3S/c7-3(6(11)12)1-2-4-5(10)9-13-8-4/h3H,1-2,7H2,(H,9,10)(H,11,12)/t3-/m0/s1. The normalized spacial score (nSPS) is 12.7. The van der Waals surface area contributed by atoms with Crippen molar-refractivity contribution in [3.63, 3.8) is 0 Å². The fourth-order valence-corrected chi connectivity index (χ4v) is 1.33. The van der Waals surface area contributed by atoms with Crippen molar-refractivity contribution in [2.45, 2.75) is 18.9 Å². The number of carbonyl (C=O) groups is 1. The largest absolute Gasteiger partial charge is 0.480 e. The Hall–Kier alpha value is -1.21. The van der Waals surface area contributed by atoms with Crippen molar-refractivity contribution >= 4 is 17.7 Å². The van der Waals surface area contributed by atoms with E-state index >= 15 is 0 Å². The minimum Gasteiger partial charge on any atom is -0.480 e. The Labute approximate surface area is 77.7 Å². The third kappa shape index (κ3) is 2.63. The van der Waals surface area contributed by atoms with E-state index in [-0.39, 0.29) is 12.0 Å². The summed E-state index contributed by atoms with van der Waals surface area (Å²) in [6, 6.07) is -0.930. The number of nitrogens with zero attached hydrogens (tertiary/aromatic N) is 1. The highest BCUT2D eigenvalue weighted by Gasteiger charge is 2.13. The zero-order valence-electron chi connectivity index (χ0n) is 6.69. The molecular weight excluding hydrogens is 194 g/mol. The summed E-state index contributed by atoms with van der Waals surface area (Å²) in [5, 5.41) is 8.45. The van der Waals surface area contributed by atoms with Crippen molar-refractivity contribution in [1.82, 2.24) is 8.75 Å². The van der Waals surface area contributed by atoms with E-state index in [1.165, 1.54) is 0 Å². The molecule has 0 aromatic carbocycles. The molecule has 0 bridgehead atoms. The quantitative estimate of drug-likeness (QED) is 0.592. The molecule has 0 aliphatic carbocycles. The molecule has 1 rings (SSSR count). The van der Waals surface area contributed by atoms with E-state index in [9.17, 15) is 9.59 Å². The zero-order chi connectivity index (χ0) is 9.84. The highest BCUT2D eigenvalue weighted by atomic mass is 32.1. The van der Waals surface area contributed by atoms with Gasteiger partial charge in [0, 0.05) is 11.7 Å². The number of aromatic nitrogens is 2. The van der Waals surface area contributed by atoms with Gasteiger partial charge < -0.3 is 10.8 Å². The molecule has 13 heavy (non-hydrogen) atoms. The van der Waals surface area contributed by atoms with E-state index in [4.69, 9.17) is 10.8 Å². The number of H-pyrrole nitrogens is 1. The topological polar surface area (TPSA) is 109 Å². The maximum Gasteiger partial charge on any atom is 0.320 e. The van der Waals surface area contributed by atoms with Crippen molar-refractivity contribution in [1.29, 1.82) is 0 Å². The average Bonchev–Trinajstić information content (AvgIpc) is 2.47. The van der Waals surface area contributed by atoms with Crippen LogP contribution in [0.4, 0.5) is 0 Å². The molecule has 4 N–H and O–H groups in total. The minimum absolute atomic E-state index is 0.224. The van der Waals surface area contributed by atoms with Crippen LogP contribution in [0.3, 0.4) is 0 Å². The Bertz CT molecular complexity index is 345. The first-order valence-electron chi connectivity index (χ1n) is 3.63. The van der Waals surface area contributed by atoms with Gasteiger partial charge in [0.2, 0.25) is 0 Å². The van der Waals surface area contributed by atoms with Crippen molar-refractivity contribution in [3.8, 4) is 0 Å². The van der Waals surface area contributed by atoms with Gasteiger partial charge in [-0.25, -0.2) is 0 Å². The van der Waals surface area contributed by atoms with Gasteiger partial charge in [-0.3, -0.25) is 14.0 Å². The summed E-state index contributed by atoms with van der Waals surface area (Å²) in [5.41, 5.74) is 5.33. The molecule has 0 saturated heterocycles. The number of nitrogens with one attached hydrogen (secondary N) is 1. The number of hydrogen-bond donors (Lipinski definition) is 3. The van der Waals surface area contributed by atoms with E-state index in [0.717, 1.165) is 11.7 Å². The molecule has 0 fully saturated rings. The maximum absolute atomic E-state index is 10.9. The van der Waals surface area contributed by atoms with Crippen LogP contribution in [0.1, 0.15) is 12.1 Å². The summed E-state index contributed by atoms with van der Waals surface area (Å²) >= 11 is 0.951. The minimum atomic E-state index is -1.06. The molecule has 0 radical (unpaired) electrons. The number of carboxylic acid groups (broad SMARTS) is 1. The van der Waals surface area contributed by atoms with Gasteiger partial charge >= 0.3 is 5.97 Å². The predicted molar refractivity (Wildman–Crippen MR) is 46.7 cm³/mol. The Kier molecular flexibility index (Phi) is 3.15. The van der Waals surface area contributed by atoms with Gasteiger partial charge in [-0.1, -0.05) is 0 Å². The summed E-state index contributed by atoms with van der Waals surface area (Å²) in [5.74, 6) is -1.06. The molecule has 0 unspecified atom stereocenters. The lowest BCUT2D eigenvalue weighted by molar-refractivity contribution is -0.138. The molecule has 1 aromatic rings. The lowest BCUT2D eigenvalue weighted by atomic mass is 10.1. The van der Waals surface area contributed by atoms with Gasteiger partial charge in [0.25, 0.3) is 5.56 Å². The fraction of sp³-hybridized carbons (Fsp3) is 0.500.